The van der Waals surface area contributed by atoms with Gasteiger partial charge in [0.05, 0.1) is 5.33 Å². The van der Waals surface area contributed by atoms with Gasteiger partial charge in [-0.25, -0.2) is 0 Å². The summed E-state index contributed by atoms with van der Waals surface area (Å²) in [6.45, 7) is 0. The lowest BCUT2D eigenvalue weighted by molar-refractivity contribution is 1.40. The van der Waals surface area contributed by atoms with Crippen molar-refractivity contribution in [1.82, 2.24) is 0 Å². The van der Waals surface area contributed by atoms with Gasteiger partial charge in [0.15, 0.2) is 0 Å². The van der Waals surface area contributed by atoms with Crippen molar-refractivity contribution in [2.75, 3.05) is 5.33 Å². The van der Waals surface area contributed by atoms with Crippen LogP contribution in [-0.2, 0) is 5.33 Å². The van der Waals surface area contributed by atoms with Crippen LogP contribution in [0, 0.1) is 11.8 Å². The highest BCUT2D eigenvalue weighted by molar-refractivity contribution is 9.09. The molecule has 0 aliphatic carbocycles. The van der Waals surface area contributed by atoms with Crippen molar-refractivity contribution >= 4 is 31.9 Å². The van der Waals surface area contributed by atoms with Crippen molar-refractivity contribution in [3.05, 3.63) is 35.4 Å². The quantitative estimate of drug-likeness (QED) is 0.549. The van der Waals surface area contributed by atoms with Crippen LogP contribution in [0.25, 0.3) is 0 Å². The van der Waals surface area contributed by atoms with Gasteiger partial charge >= 0.3 is 0 Å². The number of hydrogen-bond acceptors (Lipinski definition) is 0. The van der Waals surface area contributed by atoms with Crippen molar-refractivity contribution in [2.24, 2.45) is 0 Å². The van der Waals surface area contributed by atoms with E-state index in [-0.39, 0.29) is 0 Å². The molecule has 12 heavy (non-hydrogen) atoms. The molecule has 0 aromatic heterocycles. The Morgan fingerprint density at radius 3 is 2.58 bits per heavy atom. The summed E-state index contributed by atoms with van der Waals surface area (Å²) in [5.74, 6) is 6.07. The molecular formula is C10H8Br2. The van der Waals surface area contributed by atoms with E-state index in [1.165, 1.54) is 5.56 Å². The average molecular weight is 288 g/mol. The minimum Gasteiger partial charge on any atom is -0.0876 e. The second-order valence-corrected chi connectivity index (χ2v) is 3.35. The topological polar surface area (TPSA) is 0 Å². The van der Waals surface area contributed by atoms with Crippen LogP contribution in [0.4, 0.5) is 0 Å². The second-order valence-electron chi connectivity index (χ2n) is 2.23. The molecule has 0 fully saturated rings. The van der Waals surface area contributed by atoms with Crippen molar-refractivity contribution in [3.63, 3.8) is 0 Å². The first kappa shape index (κ1) is 9.83. The third-order valence-corrected chi connectivity index (χ3v) is 2.34. The molecule has 0 radical (unpaired) electrons. The maximum absolute atomic E-state index is 3.42. The Morgan fingerprint density at radius 1 is 1.17 bits per heavy atom. The molecule has 1 rings (SSSR count). The molecule has 0 saturated heterocycles. The van der Waals surface area contributed by atoms with Gasteiger partial charge < -0.3 is 0 Å². The number of benzene rings is 1. The van der Waals surface area contributed by atoms with Crippen LogP contribution in [0.5, 0.6) is 0 Å². The molecule has 0 amide bonds. The summed E-state index contributed by atoms with van der Waals surface area (Å²) in [5, 5.41) is 1.59. The van der Waals surface area contributed by atoms with Gasteiger partial charge in [0.25, 0.3) is 0 Å². The van der Waals surface area contributed by atoms with Gasteiger partial charge in [-0.15, -0.1) is 0 Å². The predicted molar refractivity (Wildman–Crippen MR) is 59.7 cm³/mol. The lowest BCUT2D eigenvalue weighted by Gasteiger charge is -1.97. The highest BCUT2D eigenvalue weighted by Gasteiger charge is 1.94. The van der Waals surface area contributed by atoms with Gasteiger partial charge in [0, 0.05) is 10.9 Å². The zero-order chi connectivity index (χ0) is 8.81. The maximum atomic E-state index is 3.42. The van der Waals surface area contributed by atoms with Crippen LogP contribution in [0.2, 0.25) is 0 Å². The van der Waals surface area contributed by atoms with Gasteiger partial charge in [-0.2, -0.15) is 0 Å². The van der Waals surface area contributed by atoms with E-state index in [2.05, 4.69) is 49.8 Å². The molecule has 1 aromatic carbocycles. The highest BCUT2D eigenvalue weighted by Crippen LogP contribution is 2.10. The fourth-order valence-electron chi connectivity index (χ4n) is 0.887. The molecule has 0 spiro atoms. The van der Waals surface area contributed by atoms with Crippen LogP contribution in [-0.4, -0.2) is 5.33 Å². The standard InChI is InChI=1S/C10H8Br2/c11-7-3-6-9-4-1-2-5-10(9)8-12/h1-2,4-5H,7-8H2. The molecule has 0 N–H and O–H groups in total. The Hall–Kier alpha value is -0.260. The smallest absolute Gasteiger partial charge is 0.0649 e. The summed E-state index contributed by atoms with van der Waals surface area (Å²) in [7, 11) is 0. The third-order valence-electron chi connectivity index (χ3n) is 1.45. The molecule has 0 aliphatic heterocycles. The molecule has 0 bridgehead atoms. The van der Waals surface area contributed by atoms with Gasteiger partial charge in [-0.3, -0.25) is 0 Å². The van der Waals surface area contributed by atoms with Crippen molar-refractivity contribution < 1.29 is 0 Å². The molecule has 0 aliphatic rings. The lowest BCUT2D eigenvalue weighted by atomic mass is 10.1. The monoisotopic (exact) mass is 286 g/mol. The van der Waals surface area contributed by atoms with E-state index < -0.39 is 0 Å². The lowest BCUT2D eigenvalue weighted by Crippen LogP contribution is -1.83. The first-order valence-corrected chi connectivity index (χ1v) is 5.81. The Morgan fingerprint density at radius 2 is 1.92 bits per heavy atom. The van der Waals surface area contributed by atoms with E-state index in [4.69, 9.17) is 0 Å². The summed E-state index contributed by atoms with van der Waals surface area (Å²) in [6, 6.07) is 8.14. The zero-order valence-electron chi connectivity index (χ0n) is 6.48. The SMILES string of the molecule is BrCC#Cc1ccccc1CBr. The average Bonchev–Trinajstić information content (AvgIpc) is 2.15. The molecular weight excluding hydrogens is 280 g/mol. The van der Waals surface area contributed by atoms with E-state index >= 15 is 0 Å². The molecule has 62 valence electrons. The molecule has 0 saturated carbocycles. The van der Waals surface area contributed by atoms with Gasteiger partial charge in [0.1, 0.15) is 0 Å². The summed E-state index contributed by atoms with van der Waals surface area (Å²) in [6.07, 6.45) is 0. The number of halogens is 2. The Kier molecular flexibility index (Phi) is 4.42. The normalized spacial score (nSPS) is 8.83. The Labute approximate surface area is 89.6 Å². The number of hydrogen-bond donors (Lipinski definition) is 0. The van der Waals surface area contributed by atoms with E-state index in [1.54, 1.807) is 0 Å². The van der Waals surface area contributed by atoms with Crippen molar-refractivity contribution in [2.45, 2.75) is 5.33 Å². The molecule has 1 aromatic rings. The van der Waals surface area contributed by atoms with E-state index in [1.807, 2.05) is 18.2 Å². The minimum atomic E-state index is 0.726. The van der Waals surface area contributed by atoms with Crippen LogP contribution < -0.4 is 0 Å². The fourth-order valence-corrected chi connectivity index (χ4v) is 1.52. The largest absolute Gasteiger partial charge is 0.0876 e. The maximum Gasteiger partial charge on any atom is 0.0649 e. The first-order chi connectivity index (χ1) is 5.88. The second kappa shape index (κ2) is 5.40. The summed E-state index contributed by atoms with van der Waals surface area (Å²) >= 11 is 6.69. The summed E-state index contributed by atoms with van der Waals surface area (Å²) in [5.41, 5.74) is 2.35. The third kappa shape index (κ3) is 2.66. The van der Waals surface area contributed by atoms with Crippen LogP contribution in [0.1, 0.15) is 11.1 Å². The van der Waals surface area contributed by atoms with Crippen molar-refractivity contribution in [3.8, 4) is 11.8 Å². The van der Waals surface area contributed by atoms with E-state index in [0.717, 1.165) is 16.2 Å². The zero-order valence-corrected chi connectivity index (χ0v) is 9.65. The Bertz CT molecular complexity index is 307. The summed E-state index contributed by atoms with van der Waals surface area (Å²) < 4.78 is 0. The number of rotatable bonds is 1. The Balaban J connectivity index is 2.97. The van der Waals surface area contributed by atoms with Crippen LogP contribution >= 0.6 is 31.9 Å². The van der Waals surface area contributed by atoms with Crippen molar-refractivity contribution in [1.29, 1.82) is 0 Å². The molecule has 0 heterocycles. The molecule has 0 nitrogen and oxygen atoms in total. The van der Waals surface area contributed by atoms with Crippen LogP contribution in [0.15, 0.2) is 24.3 Å². The molecule has 0 atom stereocenters. The molecule has 0 unspecified atom stereocenters. The predicted octanol–water partition coefficient (Wildman–Crippen LogP) is 3.33. The van der Waals surface area contributed by atoms with E-state index in [0.29, 0.717) is 0 Å². The fraction of sp³-hybridized carbons (Fsp3) is 0.200. The van der Waals surface area contributed by atoms with Gasteiger partial charge in [0.2, 0.25) is 0 Å². The van der Waals surface area contributed by atoms with Gasteiger partial charge in [-0.1, -0.05) is 61.9 Å². The summed E-state index contributed by atoms with van der Waals surface area (Å²) in [4.78, 5) is 0. The van der Waals surface area contributed by atoms with E-state index in [9.17, 15) is 0 Å². The highest BCUT2D eigenvalue weighted by atomic mass is 79.9. The number of alkyl halides is 2. The first-order valence-electron chi connectivity index (χ1n) is 3.57. The molecule has 2 heteroatoms. The van der Waals surface area contributed by atoms with Gasteiger partial charge in [-0.05, 0) is 11.6 Å². The van der Waals surface area contributed by atoms with Crippen LogP contribution in [0.3, 0.4) is 0 Å². The minimum absolute atomic E-state index is 0.726.